The molecule has 0 aliphatic rings. The Morgan fingerprint density at radius 3 is 2.46 bits per heavy atom. The van der Waals surface area contributed by atoms with Crippen molar-refractivity contribution < 1.29 is 32.2 Å². The number of hydrogen-bond acceptors (Lipinski definition) is 4. The molecule has 26 heavy (non-hydrogen) atoms. The van der Waals surface area contributed by atoms with E-state index in [0.29, 0.717) is 17.1 Å². The first kappa shape index (κ1) is 19.4. The summed E-state index contributed by atoms with van der Waals surface area (Å²) in [5.41, 5.74) is -0.143. The zero-order valence-corrected chi connectivity index (χ0v) is 14.2. The third-order valence-corrected chi connectivity index (χ3v) is 3.49. The highest BCUT2D eigenvalue weighted by atomic mass is 19.4. The molecule has 0 heterocycles. The lowest BCUT2D eigenvalue weighted by Gasteiger charge is -2.12. The van der Waals surface area contributed by atoms with E-state index in [2.05, 4.69) is 5.32 Å². The summed E-state index contributed by atoms with van der Waals surface area (Å²) in [6, 6.07) is 9.50. The van der Waals surface area contributed by atoms with Crippen molar-refractivity contribution in [2.75, 3.05) is 20.8 Å². The Balaban J connectivity index is 1.92. The zero-order chi connectivity index (χ0) is 19.2. The van der Waals surface area contributed by atoms with Crippen LogP contribution in [-0.2, 0) is 17.5 Å². The van der Waals surface area contributed by atoms with E-state index < -0.39 is 24.3 Å². The fourth-order valence-corrected chi connectivity index (χ4v) is 2.18. The summed E-state index contributed by atoms with van der Waals surface area (Å²) in [4.78, 5) is 11.9. The maximum Gasteiger partial charge on any atom is 0.416 e. The molecule has 2 aromatic rings. The third kappa shape index (κ3) is 5.30. The lowest BCUT2D eigenvalue weighted by atomic mass is 10.2. The summed E-state index contributed by atoms with van der Waals surface area (Å²) in [7, 11) is 3.02. The first-order chi connectivity index (χ1) is 12.3. The van der Waals surface area contributed by atoms with Gasteiger partial charge in [-0.05, 0) is 36.4 Å². The summed E-state index contributed by atoms with van der Waals surface area (Å²) < 4.78 is 53.4. The molecule has 8 heteroatoms. The molecular weight excluding hydrogens is 351 g/mol. The van der Waals surface area contributed by atoms with Crippen molar-refractivity contribution in [3.63, 3.8) is 0 Å². The second kappa shape index (κ2) is 8.46. The predicted octanol–water partition coefficient (Wildman–Crippen LogP) is 3.42. The van der Waals surface area contributed by atoms with Crippen LogP contribution in [-0.4, -0.2) is 26.7 Å². The van der Waals surface area contributed by atoms with Gasteiger partial charge in [-0.2, -0.15) is 13.2 Å². The van der Waals surface area contributed by atoms with Gasteiger partial charge in [-0.25, -0.2) is 0 Å². The predicted molar refractivity (Wildman–Crippen MR) is 88.3 cm³/mol. The van der Waals surface area contributed by atoms with Gasteiger partial charge in [0.05, 0.1) is 19.8 Å². The Bertz CT molecular complexity index is 762. The molecule has 0 atom stereocenters. The number of carbonyl (C=O) groups excluding carboxylic acids is 1. The molecule has 140 valence electrons. The number of nitrogens with one attached hydrogen (secondary N) is 1. The highest BCUT2D eigenvalue weighted by molar-refractivity contribution is 5.77. The monoisotopic (exact) mass is 369 g/mol. The zero-order valence-electron chi connectivity index (χ0n) is 14.2. The Hall–Kier alpha value is -2.90. The van der Waals surface area contributed by atoms with Crippen molar-refractivity contribution in [2.45, 2.75) is 12.7 Å². The molecule has 0 spiro atoms. The van der Waals surface area contributed by atoms with E-state index in [9.17, 15) is 18.0 Å². The molecule has 0 aromatic heterocycles. The van der Waals surface area contributed by atoms with Crippen LogP contribution in [0.4, 0.5) is 13.2 Å². The van der Waals surface area contributed by atoms with Crippen molar-refractivity contribution in [3.05, 3.63) is 53.6 Å². The number of benzene rings is 2. The van der Waals surface area contributed by atoms with Crippen LogP contribution >= 0.6 is 0 Å². The Morgan fingerprint density at radius 2 is 1.81 bits per heavy atom. The van der Waals surface area contributed by atoms with Gasteiger partial charge < -0.3 is 19.5 Å². The van der Waals surface area contributed by atoms with Gasteiger partial charge in [0.1, 0.15) is 17.2 Å². The fraction of sp³-hybridized carbons (Fsp3) is 0.278. The number of amides is 1. The van der Waals surface area contributed by atoms with Crippen LogP contribution in [0, 0.1) is 0 Å². The van der Waals surface area contributed by atoms with Crippen LogP contribution in [0.15, 0.2) is 42.5 Å². The van der Waals surface area contributed by atoms with Crippen LogP contribution in [0.3, 0.4) is 0 Å². The largest absolute Gasteiger partial charge is 0.497 e. The van der Waals surface area contributed by atoms with Gasteiger partial charge in [-0.1, -0.05) is 6.07 Å². The van der Waals surface area contributed by atoms with Crippen LogP contribution in [0.2, 0.25) is 0 Å². The SMILES string of the molecule is COc1ccc(OC)c(CNC(=O)COc2cccc(C(F)(F)F)c2)c1. The molecule has 0 saturated carbocycles. The highest BCUT2D eigenvalue weighted by Gasteiger charge is 2.30. The molecule has 0 saturated heterocycles. The van der Waals surface area contributed by atoms with Crippen molar-refractivity contribution >= 4 is 5.91 Å². The molecule has 2 aromatic carbocycles. The Morgan fingerprint density at radius 1 is 1.04 bits per heavy atom. The molecule has 1 amide bonds. The van der Waals surface area contributed by atoms with Gasteiger partial charge in [0.2, 0.25) is 0 Å². The maximum atomic E-state index is 12.7. The maximum absolute atomic E-state index is 12.7. The number of hydrogen-bond donors (Lipinski definition) is 1. The highest BCUT2D eigenvalue weighted by Crippen LogP contribution is 2.31. The quantitative estimate of drug-likeness (QED) is 0.813. The van der Waals surface area contributed by atoms with Gasteiger partial charge in [0.15, 0.2) is 6.61 Å². The molecule has 2 rings (SSSR count). The lowest BCUT2D eigenvalue weighted by Crippen LogP contribution is -2.28. The van der Waals surface area contributed by atoms with Crippen molar-refractivity contribution in [2.24, 2.45) is 0 Å². The number of ether oxygens (including phenoxy) is 3. The number of rotatable bonds is 7. The average Bonchev–Trinajstić information content (AvgIpc) is 2.64. The van der Waals surface area contributed by atoms with Crippen molar-refractivity contribution in [1.82, 2.24) is 5.32 Å². The van der Waals surface area contributed by atoms with Gasteiger partial charge >= 0.3 is 6.18 Å². The van der Waals surface area contributed by atoms with E-state index in [1.54, 1.807) is 18.2 Å². The minimum atomic E-state index is -4.47. The van der Waals surface area contributed by atoms with Gasteiger partial charge in [0.25, 0.3) is 5.91 Å². The van der Waals surface area contributed by atoms with E-state index in [1.807, 2.05) is 0 Å². The van der Waals surface area contributed by atoms with Gasteiger partial charge in [-0.15, -0.1) is 0 Å². The normalized spacial score (nSPS) is 11.0. The lowest BCUT2D eigenvalue weighted by molar-refractivity contribution is -0.137. The van der Waals surface area contributed by atoms with E-state index in [4.69, 9.17) is 14.2 Å². The number of carbonyl (C=O) groups is 1. The molecular formula is C18H18F3NO4. The second-order valence-corrected chi connectivity index (χ2v) is 5.27. The summed E-state index contributed by atoms with van der Waals surface area (Å²) in [6.45, 7) is -0.251. The summed E-state index contributed by atoms with van der Waals surface area (Å²) in [5.74, 6) is 0.668. The molecule has 0 radical (unpaired) electrons. The second-order valence-electron chi connectivity index (χ2n) is 5.27. The average molecular weight is 369 g/mol. The van der Waals surface area contributed by atoms with Crippen LogP contribution < -0.4 is 19.5 Å². The Kier molecular flexibility index (Phi) is 6.32. The van der Waals surface area contributed by atoms with Gasteiger partial charge in [-0.3, -0.25) is 4.79 Å². The Labute approximate surface area is 148 Å². The van der Waals surface area contributed by atoms with Crippen molar-refractivity contribution in [3.8, 4) is 17.2 Å². The number of halogens is 3. The molecule has 0 aliphatic carbocycles. The number of methoxy groups -OCH3 is 2. The standard InChI is InChI=1S/C18H18F3NO4/c1-24-14-6-7-16(25-2)12(8-14)10-22-17(23)11-26-15-5-3-4-13(9-15)18(19,20)21/h3-9H,10-11H2,1-2H3,(H,22,23). The third-order valence-electron chi connectivity index (χ3n) is 3.49. The topological polar surface area (TPSA) is 56.8 Å². The summed E-state index contributed by atoms with van der Waals surface area (Å²) in [5, 5.41) is 2.62. The first-order valence-electron chi connectivity index (χ1n) is 7.61. The summed E-state index contributed by atoms with van der Waals surface area (Å²) >= 11 is 0. The minimum absolute atomic E-state index is 0.0334. The number of alkyl halides is 3. The van der Waals surface area contributed by atoms with Crippen LogP contribution in [0.1, 0.15) is 11.1 Å². The molecule has 0 fully saturated rings. The van der Waals surface area contributed by atoms with E-state index in [1.165, 1.54) is 26.4 Å². The van der Waals surface area contributed by atoms with E-state index in [-0.39, 0.29) is 12.3 Å². The summed E-state index contributed by atoms with van der Waals surface area (Å²) in [6.07, 6.45) is -4.47. The van der Waals surface area contributed by atoms with Crippen LogP contribution in [0.5, 0.6) is 17.2 Å². The minimum Gasteiger partial charge on any atom is -0.497 e. The molecule has 0 aliphatic heterocycles. The van der Waals surface area contributed by atoms with Gasteiger partial charge in [0, 0.05) is 12.1 Å². The van der Waals surface area contributed by atoms with Crippen LogP contribution in [0.25, 0.3) is 0 Å². The molecule has 0 unspecified atom stereocenters. The smallest absolute Gasteiger partial charge is 0.416 e. The van der Waals surface area contributed by atoms with Crippen molar-refractivity contribution in [1.29, 1.82) is 0 Å². The van der Waals surface area contributed by atoms with E-state index in [0.717, 1.165) is 12.1 Å². The fourth-order valence-electron chi connectivity index (χ4n) is 2.18. The molecule has 1 N–H and O–H groups in total. The molecule has 5 nitrogen and oxygen atoms in total. The van der Waals surface area contributed by atoms with E-state index >= 15 is 0 Å². The molecule has 0 bridgehead atoms. The first-order valence-corrected chi connectivity index (χ1v) is 7.61.